The Morgan fingerprint density at radius 3 is 2.38 bits per heavy atom. The van der Waals surface area contributed by atoms with Gasteiger partial charge in [-0.2, -0.15) is 13.2 Å². The first-order valence-corrected chi connectivity index (χ1v) is 9.35. The van der Waals surface area contributed by atoms with Gasteiger partial charge in [-0.3, -0.25) is 9.69 Å². The molecule has 2 aromatic rings. The molecule has 0 radical (unpaired) electrons. The largest absolute Gasteiger partial charge is 0.481 e. The molecule has 1 aromatic heterocycles. The number of halogens is 4. The lowest BCUT2D eigenvalue weighted by molar-refractivity contribution is -0.143. The van der Waals surface area contributed by atoms with Gasteiger partial charge in [0.05, 0.1) is 21.9 Å². The van der Waals surface area contributed by atoms with E-state index < -0.39 is 29.7 Å². The topological polar surface area (TPSA) is 40.5 Å². The minimum Gasteiger partial charge on any atom is -0.481 e. The van der Waals surface area contributed by atoms with E-state index in [1.165, 1.54) is 23.5 Å². The molecule has 8 heteroatoms. The molecule has 3 rings (SSSR count). The Bertz CT molecular complexity index is 785. The molecule has 0 aliphatic carbocycles. The number of carbonyl (C=O) groups is 1. The Hall–Kier alpha value is -1.57. The van der Waals surface area contributed by atoms with E-state index in [2.05, 4.69) is 0 Å². The molecule has 1 fully saturated rings. The Morgan fingerprint density at radius 1 is 1.19 bits per heavy atom. The van der Waals surface area contributed by atoms with Gasteiger partial charge in [-0.05, 0) is 49.7 Å². The summed E-state index contributed by atoms with van der Waals surface area (Å²) in [5.41, 5.74) is -0.498. The van der Waals surface area contributed by atoms with Crippen LogP contribution in [-0.4, -0.2) is 29.1 Å². The number of benzene rings is 1. The zero-order chi connectivity index (χ0) is 18.9. The molecule has 3 nitrogen and oxygen atoms in total. The van der Waals surface area contributed by atoms with E-state index in [0.717, 1.165) is 10.9 Å². The highest BCUT2D eigenvalue weighted by Crippen LogP contribution is 2.42. The quantitative estimate of drug-likeness (QED) is 0.752. The maximum atomic E-state index is 13.5. The van der Waals surface area contributed by atoms with E-state index >= 15 is 0 Å². The standard InChI is InChI=1S/C18H17ClF3NO2S/c19-15-6-5-14(26-15)16(23-9-7-11(8-10-23)17(24)25)12-3-1-2-4-13(12)18(20,21)22/h1-6,11,16H,7-10H2,(H,24,25). The minimum atomic E-state index is -4.46. The van der Waals surface area contributed by atoms with Gasteiger partial charge >= 0.3 is 12.1 Å². The van der Waals surface area contributed by atoms with Crippen LogP contribution in [-0.2, 0) is 11.0 Å². The van der Waals surface area contributed by atoms with Gasteiger partial charge in [0, 0.05) is 4.88 Å². The normalized spacial score (nSPS) is 18.0. The van der Waals surface area contributed by atoms with Gasteiger partial charge in [0.15, 0.2) is 0 Å². The smallest absolute Gasteiger partial charge is 0.416 e. The first-order valence-electron chi connectivity index (χ1n) is 8.15. The molecule has 26 heavy (non-hydrogen) atoms. The second-order valence-electron chi connectivity index (χ2n) is 6.28. The third kappa shape index (κ3) is 4.05. The molecule has 0 bridgehead atoms. The van der Waals surface area contributed by atoms with Crippen molar-refractivity contribution < 1.29 is 23.1 Å². The lowest BCUT2D eigenvalue weighted by Gasteiger charge is -2.37. The van der Waals surface area contributed by atoms with E-state index in [4.69, 9.17) is 16.7 Å². The van der Waals surface area contributed by atoms with Crippen LogP contribution >= 0.6 is 22.9 Å². The summed E-state index contributed by atoms with van der Waals surface area (Å²) in [5.74, 6) is -1.30. The Labute approximate surface area is 158 Å². The number of hydrogen-bond acceptors (Lipinski definition) is 3. The van der Waals surface area contributed by atoms with Gasteiger partial charge < -0.3 is 5.11 Å². The van der Waals surface area contributed by atoms with Gasteiger partial charge in [0.25, 0.3) is 0 Å². The summed E-state index contributed by atoms with van der Waals surface area (Å²) in [6.45, 7) is 0.840. The Kier molecular flexibility index (Phi) is 5.60. The summed E-state index contributed by atoms with van der Waals surface area (Å²) in [6, 6.07) is 8.37. The van der Waals surface area contributed by atoms with Crippen molar-refractivity contribution in [1.29, 1.82) is 0 Å². The molecule has 0 amide bonds. The molecule has 1 saturated heterocycles. The number of aliphatic carboxylic acids is 1. The van der Waals surface area contributed by atoms with Crippen molar-refractivity contribution >= 4 is 28.9 Å². The van der Waals surface area contributed by atoms with Gasteiger partial charge in [0.2, 0.25) is 0 Å². The van der Waals surface area contributed by atoms with Crippen molar-refractivity contribution in [2.45, 2.75) is 25.1 Å². The third-order valence-electron chi connectivity index (χ3n) is 4.67. The van der Waals surface area contributed by atoms with Gasteiger partial charge in [-0.15, -0.1) is 11.3 Å². The SMILES string of the molecule is O=C(O)C1CCN(C(c2ccc(Cl)s2)c2ccccc2C(F)(F)F)CC1. The monoisotopic (exact) mass is 403 g/mol. The number of hydrogen-bond donors (Lipinski definition) is 1. The Morgan fingerprint density at radius 2 is 1.85 bits per heavy atom. The van der Waals surface area contributed by atoms with Crippen molar-refractivity contribution in [1.82, 2.24) is 4.90 Å². The van der Waals surface area contributed by atoms with Crippen molar-refractivity contribution in [2.24, 2.45) is 5.92 Å². The lowest BCUT2D eigenvalue weighted by atomic mass is 9.92. The molecule has 1 aromatic carbocycles. The number of piperidine rings is 1. The lowest BCUT2D eigenvalue weighted by Crippen LogP contribution is -2.39. The van der Waals surface area contributed by atoms with Crippen LogP contribution in [0.5, 0.6) is 0 Å². The van der Waals surface area contributed by atoms with Crippen LogP contribution in [0.2, 0.25) is 4.34 Å². The number of carboxylic acid groups (broad SMARTS) is 1. The van der Waals surface area contributed by atoms with Crippen LogP contribution < -0.4 is 0 Å². The molecule has 1 N–H and O–H groups in total. The molecular formula is C18H17ClF3NO2S. The zero-order valence-electron chi connectivity index (χ0n) is 13.7. The van der Waals surface area contributed by atoms with Crippen LogP contribution in [0.15, 0.2) is 36.4 Å². The maximum absolute atomic E-state index is 13.5. The first-order chi connectivity index (χ1) is 12.3. The molecule has 2 heterocycles. The number of alkyl halides is 3. The second kappa shape index (κ2) is 7.58. The number of rotatable bonds is 4. The van der Waals surface area contributed by atoms with Crippen molar-refractivity contribution in [3.05, 3.63) is 56.7 Å². The van der Waals surface area contributed by atoms with Crippen LogP contribution in [0.25, 0.3) is 0 Å². The third-order valence-corrected chi connectivity index (χ3v) is 5.95. The minimum absolute atomic E-state index is 0.173. The molecule has 1 aliphatic rings. The van der Waals surface area contributed by atoms with E-state index in [1.54, 1.807) is 18.2 Å². The van der Waals surface area contributed by atoms with E-state index in [9.17, 15) is 18.0 Å². The average molecular weight is 404 g/mol. The molecule has 140 valence electrons. The number of carboxylic acids is 1. The summed E-state index contributed by atoms with van der Waals surface area (Å²) in [7, 11) is 0. The molecule has 1 unspecified atom stereocenters. The fraction of sp³-hybridized carbons (Fsp3) is 0.389. The molecular weight excluding hydrogens is 387 g/mol. The first kappa shape index (κ1) is 19.2. The molecule has 1 atom stereocenters. The highest BCUT2D eigenvalue weighted by molar-refractivity contribution is 7.16. The van der Waals surface area contributed by atoms with Crippen LogP contribution in [0, 0.1) is 5.92 Å². The van der Waals surface area contributed by atoms with Gasteiger partial charge in [0.1, 0.15) is 0 Å². The molecule has 0 spiro atoms. The molecule has 0 saturated carbocycles. The predicted octanol–water partition coefficient (Wildman–Crippen LogP) is 5.31. The van der Waals surface area contributed by atoms with Crippen molar-refractivity contribution in [3.63, 3.8) is 0 Å². The zero-order valence-corrected chi connectivity index (χ0v) is 15.2. The van der Waals surface area contributed by atoms with Gasteiger partial charge in [-0.1, -0.05) is 29.8 Å². The van der Waals surface area contributed by atoms with Gasteiger partial charge in [-0.25, -0.2) is 0 Å². The van der Waals surface area contributed by atoms with Crippen molar-refractivity contribution in [3.8, 4) is 0 Å². The summed E-state index contributed by atoms with van der Waals surface area (Å²) < 4.78 is 41.1. The maximum Gasteiger partial charge on any atom is 0.416 e. The summed E-state index contributed by atoms with van der Waals surface area (Å²) in [6.07, 6.45) is -3.63. The molecule has 1 aliphatic heterocycles. The fourth-order valence-electron chi connectivity index (χ4n) is 3.40. The number of nitrogens with zero attached hydrogens (tertiary/aromatic N) is 1. The van der Waals surface area contributed by atoms with Crippen molar-refractivity contribution in [2.75, 3.05) is 13.1 Å². The van der Waals surface area contributed by atoms with Crippen LogP contribution in [0.1, 0.15) is 34.9 Å². The highest BCUT2D eigenvalue weighted by Gasteiger charge is 2.38. The fourth-order valence-corrected chi connectivity index (χ4v) is 4.62. The van der Waals surface area contributed by atoms with E-state index in [-0.39, 0.29) is 5.56 Å². The summed E-state index contributed by atoms with van der Waals surface area (Å²) >= 11 is 7.28. The highest BCUT2D eigenvalue weighted by atomic mass is 35.5. The van der Waals surface area contributed by atoms with E-state index in [0.29, 0.717) is 30.3 Å². The summed E-state index contributed by atoms with van der Waals surface area (Å²) in [4.78, 5) is 13.8. The average Bonchev–Trinajstić information content (AvgIpc) is 3.01. The number of likely N-dealkylation sites (tertiary alicyclic amines) is 1. The predicted molar refractivity (Wildman–Crippen MR) is 94.5 cm³/mol. The Balaban J connectivity index is 2.00. The summed E-state index contributed by atoms with van der Waals surface area (Å²) in [5, 5.41) is 9.17. The van der Waals surface area contributed by atoms with Crippen LogP contribution in [0.3, 0.4) is 0 Å². The van der Waals surface area contributed by atoms with Crippen LogP contribution in [0.4, 0.5) is 13.2 Å². The van der Waals surface area contributed by atoms with E-state index in [1.807, 2.05) is 4.90 Å². The number of thiophene rings is 1. The second-order valence-corrected chi connectivity index (χ2v) is 8.02.